The molecule has 4 heteroatoms. The summed E-state index contributed by atoms with van der Waals surface area (Å²) in [5, 5.41) is 16.5. The fourth-order valence-corrected chi connectivity index (χ4v) is 2.88. The first-order valence-corrected chi connectivity index (χ1v) is 10.6. The summed E-state index contributed by atoms with van der Waals surface area (Å²) < 4.78 is 8.25. The van der Waals surface area contributed by atoms with Gasteiger partial charge in [-0.05, 0) is 19.8 Å². The van der Waals surface area contributed by atoms with Crippen molar-refractivity contribution in [3.63, 3.8) is 0 Å². The molecule has 3 fully saturated rings. The minimum absolute atomic E-state index is 0.0359. The van der Waals surface area contributed by atoms with Gasteiger partial charge in [-0.1, -0.05) is 57.8 Å². The zero-order valence-electron chi connectivity index (χ0n) is 15.8. The van der Waals surface area contributed by atoms with Gasteiger partial charge < -0.3 is 23.1 Å². The third-order valence-corrected chi connectivity index (χ3v) is 4.21. The van der Waals surface area contributed by atoms with Crippen LogP contribution in [0, 0.1) is 12.8 Å². The van der Waals surface area contributed by atoms with E-state index in [1.54, 1.807) is 6.92 Å². The molecule has 0 atom stereocenters. The predicted molar refractivity (Wildman–Crippen MR) is 97.3 cm³/mol. The first-order valence-electron chi connectivity index (χ1n) is 9.94. The number of rotatable bonds is 0. The summed E-state index contributed by atoms with van der Waals surface area (Å²) in [5.41, 5.74) is 0. The molecular formula is C20H40O3Ti. The summed E-state index contributed by atoms with van der Waals surface area (Å²) in [6, 6.07) is 0. The normalized spacial score (nSPS) is 20.4. The number of hydrogen-bond acceptors (Lipinski definition) is 3. The van der Waals surface area contributed by atoms with E-state index in [-0.39, 0.29) is 12.7 Å². The van der Waals surface area contributed by atoms with Gasteiger partial charge in [0, 0.05) is 6.61 Å². The molecule has 142 valence electrons. The zero-order valence-corrected chi connectivity index (χ0v) is 17.4. The molecule has 0 aliphatic heterocycles. The van der Waals surface area contributed by atoms with E-state index in [9.17, 15) is 0 Å². The second kappa shape index (κ2) is 25.7. The van der Waals surface area contributed by atoms with Crippen molar-refractivity contribution in [2.75, 3.05) is 6.61 Å². The van der Waals surface area contributed by atoms with Crippen molar-refractivity contribution in [2.45, 2.75) is 109 Å². The maximum atomic E-state index is 8.91. The molecule has 0 aromatic heterocycles. The Kier molecular flexibility index (Phi) is 28.5. The van der Waals surface area contributed by atoms with Gasteiger partial charge in [0.25, 0.3) is 0 Å². The molecule has 0 heterocycles. The van der Waals surface area contributed by atoms with Crippen LogP contribution in [0.4, 0.5) is 0 Å². The van der Waals surface area contributed by atoms with Crippen molar-refractivity contribution >= 4 is 0 Å². The van der Waals surface area contributed by atoms with Crippen molar-refractivity contribution in [1.29, 1.82) is 0 Å². The van der Waals surface area contributed by atoms with E-state index in [0.29, 0.717) is 0 Å². The van der Waals surface area contributed by atoms with E-state index in [1.807, 2.05) is 0 Å². The number of hydrogen-bond donors (Lipinski definition) is 2. The maximum absolute atomic E-state index is 8.91. The van der Waals surface area contributed by atoms with Crippen molar-refractivity contribution in [3.05, 3.63) is 12.8 Å². The average molecular weight is 376 g/mol. The Hall–Kier alpha value is 0.434. The molecule has 3 rings (SSSR count). The van der Waals surface area contributed by atoms with E-state index in [1.165, 1.54) is 83.5 Å². The Labute approximate surface area is 162 Å². The second-order valence-electron chi connectivity index (χ2n) is 6.46. The molecule has 0 spiro atoms. The molecule has 0 aromatic carbocycles. The topological polar surface area (TPSA) is 57.5 Å². The number of aliphatic hydroxyl groups excluding tert-OH is 2. The minimum atomic E-state index is 0.0359. The molecular weight excluding hydrogens is 336 g/mol. The van der Waals surface area contributed by atoms with Crippen molar-refractivity contribution < 1.29 is 33.9 Å². The first kappa shape index (κ1) is 26.7. The Balaban J connectivity index is 0. The molecule has 0 radical (unpaired) electrons. The van der Waals surface area contributed by atoms with Gasteiger partial charge in [0.1, 0.15) is 0 Å². The second-order valence-corrected chi connectivity index (χ2v) is 6.46. The molecule has 3 nitrogen and oxygen atoms in total. The fourth-order valence-electron chi connectivity index (χ4n) is 2.88. The van der Waals surface area contributed by atoms with Crippen molar-refractivity contribution in [3.8, 4) is 0 Å². The molecule has 3 aliphatic rings. The van der Waals surface area contributed by atoms with Gasteiger partial charge >= 0.3 is 23.7 Å². The fraction of sp³-hybridized carbons (Fsp3) is 0.900. The van der Waals surface area contributed by atoms with Crippen LogP contribution in [0.3, 0.4) is 0 Å². The summed E-state index contributed by atoms with van der Waals surface area (Å²) in [7, 11) is 0. The molecule has 0 bridgehead atoms. The Bertz CT molecular complexity index is 166. The molecule has 0 saturated heterocycles. The van der Waals surface area contributed by atoms with Crippen LogP contribution in [0.2, 0.25) is 0 Å². The van der Waals surface area contributed by atoms with Crippen LogP contribution in [0.5, 0.6) is 0 Å². The summed E-state index contributed by atoms with van der Waals surface area (Å²) in [6.07, 6.45) is 24.9. The van der Waals surface area contributed by atoms with Gasteiger partial charge in [-0.3, -0.25) is 0 Å². The van der Waals surface area contributed by atoms with Gasteiger partial charge in [0.05, 0.1) is 6.10 Å². The summed E-state index contributed by atoms with van der Waals surface area (Å²) in [4.78, 5) is 0. The molecule has 24 heavy (non-hydrogen) atoms. The van der Waals surface area contributed by atoms with Crippen molar-refractivity contribution in [1.82, 2.24) is 0 Å². The van der Waals surface area contributed by atoms with Gasteiger partial charge in [0.2, 0.25) is 0 Å². The summed E-state index contributed by atoms with van der Waals surface area (Å²) in [6.45, 7) is 1.93. The van der Waals surface area contributed by atoms with E-state index in [0.717, 1.165) is 33.2 Å². The Morgan fingerprint density at radius 2 is 1.04 bits per heavy atom. The van der Waals surface area contributed by atoms with E-state index in [2.05, 4.69) is 12.8 Å². The SMILES string of the molecule is CCO.OC1CCCCC1.[CH-]1CCCCC1.[CH-]1CCCCC1.[O]=[Ti+2]. The van der Waals surface area contributed by atoms with Gasteiger partial charge in [0.15, 0.2) is 0 Å². The third kappa shape index (κ3) is 24.7. The molecule has 0 amide bonds. The molecule has 3 saturated carbocycles. The van der Waals surface area contributed by atoms with Crippen LogP contribution in [-0.2, 0) is 23.7 Å². The Morgan fingerprint density at radius 1 is 0.750 bits per heavy atom. The van der Waals surface area contributed by atoms with Gasteiger partial charge in [-0.25, -0.2) is 0 Å². The van der Waals surface area contributed by atoms with Crippen LogP contribution in [0.1, 0.15) is 103 Å². The quantitative estimate of drug-likeness (QED) is 0.434. The van der Waals surface area contributed by atoms with Gasteiger partial charge in [-0.2, -0.15) is 25.7 Å². The zero-order chi connectivity index (χ0) is 18.3. The Morgan fingerprint density at radius 3 is 1.17 bits per heavy atom. The van der Waals surface area contributed by atoms with Crippen LogP contribution in [0.25, 0.3) is 0 Å². The van der Waals surface area contributed by atoms with Crippen molar-refractivity contribution in [2.24, 2.45) is 0 Å². The summed E-state index contributed by atoms with van der Waals surface area (Å²) >= 11 is 0.750. The standard InChI is InChI=1S/C6H12O.2C6H11.C2H6O.O.Ti/c7-6-4-2-1-3-5-6;2*1-2-4-6-5-3-1;1-2-3;;/h6-7H,1-5H2;2*1H,2-6H2;3H,2H2,1H3;;/q;2*-1;;;+2. The van der Waals surface area contributed by atoms with Crippen LogP contribution in [-0.4, -0.2) is 22.9 Å². The van der Waals surface area contributed by atoms with Crippen LogP contribution >= 0.6 is 0 Å². The molecule has 2 N–H and O–H groups in total. The average Bonchev–Trinajstić information content (AvgIpc) is 2.68. The molecule has 0 unspecified atom stereocenters. The van der Waals surface area contributed by atoms with E-state index in [4.69, 9.17) is 13.5 Å². The monoisotopic (exact) mass is 376 g/mol. The summed E-state index contributed by atoms with van der Waals surface area (Å²) in [5.74, 6) is 0. The van der Waals surface area contributed by atoms with Crippen LogP contribution in [0.15, 0.2) is 0 Å². The van der Waals surface area contributed by atoms with E-state index < -0.39 is 0 Å². The third-order valence-electron chi connectivity index (χ3n) is 4.21. The molecule has 3 aliphatic carbocycles. The molecule has 0 aromatic rings. The number of aliphatic hydroxyl groups is 2. The van der Waals surface area contributed by atoms with E-state index >= 15 is 0 Å². The predicted octanol–water partition coefficient (Wildman–Crippen LogP) is 5.50. The van der Waals surface area contributed by atoms with Gasteiger partial charge in [-0.15, -0.1) is 0 Å². The van der Waals surface area contributed by atoms with Crippen LogP contribution < -0.4 is 0 Å². The first-order chi connectivity index (χ1) is 11.8.